The molecule has 0 aliphatic rings. The summed E-state index contributed by atoms with van der Waals surface area (Å²) < 4.78 is 0. The third-order valence-corrected chi connectivity index (χ3v) is 2.11. The van der Waals surface area contributed by atoms with E-state index in [0.717, 1.165) is 16.6 Å². The number of halogens is 2. The summed E-state index contributed by atoms with van der Waals surface area (Å²) in [6, 6.07) is 1.67. The Kier molecular flexibility index (Phi) is 3.72. The van der Waals surface area contributed by atoms with Crippen molar-refractivity contribution in [3.63, 3.8) is 0 Å². The number of pyridine rings is 1. The highest BCUT2D eigenvalue weighted by atomic mass is 35.5. The Bertz CT molecular complexity index is 437. The molecule has 0 aliphatic carbocycles. The van der Waals surface area contributed by atoms with Crippen LogP contribution >= 0.6 is 23.2 Å². The van der Waals surface area contributed by atoms with E-state index in [0.29, 0.717) is 10.3 Å². The van der Waals surface area contributed by atoms with E-state index in [1.807, 2.05) is 20.8 Å². The molecular weight excluding hydrogens is 221 g/mol. The fourth-order valence-corrected chi connectivity index (χ4v) is 1.67. The van der Waals surface area contributed by atoms with Crippen molar-refractivity contribution in [1.29, 1.82) is 0 Å². The predicted molar refractivity (Wildman–Crippen MR) is 60.0 cm³/mol. The average molecular weight is 232 g/mol. The molecule has 2 rings (SSSR count). The smallest absolute Gasteiger partial charge is 0.142 e. The number of hydrogen-bond acceptors (Lipinski definition) is 2. The van der Waals surface area contributed by atoms with Gasteiger partial charge < -0.3 is 0 Å². The molecule has 0 radical (unpaired) electrons. The first-order chi connectivity index (χ1) is 6.68. The highest BCUT2D eigenvalue weighted by Gasteiger charge is 2.07. The van der Waals surface area contributed by atoms with E-state index in [9.17, 15) is 0 Å². The third kappa shape index (κ3) is 1.99. The number of nitrogens with one attached hydrogen (secondary N) is 1. The minimum absolute atomic E-state index is 0.360. The Morgan fingerprint density at radius 2 is 1.93 bits per heavy atom. The van der Waals surface area contributed by atoms with Gasteiger partial charge in [-0.1, -0.05) is 37.0 Å². The maximum Gasteiger partial charge on any atom is 0.142 e. The van der Waals surface area contributed by atoms with Gasteiger partial charge in [-0.25, -0.2) is 4.98 Å². The van der Waals surface area contributed by atoms with Crippen molar-refractivity contribution >= 4 is 34.1 Å². The van der Waals surface area contributed by atoms with Crippen LogP contribution < -0.4 is 0 Å². The van der Waals surface area contributed by atoms with E-state index in [-0.39, 0.29) is 0 Å². The van der Waals surface area contributed by atoms with E-state index in [2.05, 4.69) is 15.2 Å². The number of hydrogen-bond donors (Lipinski definition) is 1. The van der Waals surface area contributed by atoms with Crippen LogP contribution in [0.3, 0.4) is 0 Å². The first kappa shape index (κ1) is 11.3. The zero-order valence-corrected chi connectivity index (χ0v) is 9.74. The third-order valence-electron chi connectivity index (χ3n) is 1.64. The van der Waals surface area contributed by atoms with Crippen LogP contribution in [0.25, 0.3) is 10.9 Å². The van der Waals surface area contributed by atoms with Crippen molar-refractivity contribution in [2.24, 2.45) is 0 Å². The molecule has 2 heterocycles. The molecule has 0 aliphatic heterocycles. The topological polar surface area (TPSA) is 41.6 Å². The van der Waals surface area contributed by atoms with Crippen LogP contribution in [0.4, 0.5) is 0 Å². The highest BCUT2D eigenvalue weighted by Crippen LogP contribution is 2.25. The predicted octanol–water partition coefficient (Wildman–Crippen LogP) is 3.60. The summed E-state index contributed by atoms with van der Waals surface area (Å²) in [5.74, 6) is 0. The van der Waals surface area contributed by atoms with Gasteiger partial charge in [0.1, 0.15) is 10.3 Å². The second-order valence-electron chi connectivity index (χ2n) is 2.48. The van der Waals surface area contributed by atoms with Gasteiger partial charge in [0.05, 0.1) is 10.9 Å². The molecule has 0 unspecified atom stereocenters. The molecule has 2 aromatic rings. The molecule has 5 heteroatoms. The van der Waals surface area contributed by atoms with Crippen LogP contribution in [0.2, 0.25) is 10.3 Å². The van der Waals surface area contributed by atoms with Gasteiger partial charge in [-0.15, -0.1) is 0 Å². The van der Waals surface area contributed by atoms with Gasteiger partial charge in [-0.2, -0.15) is 5.10 Å². The lowest BCUT2D eigenvalue weighted by Crippen LogP contribution is -1.79. The molecule has 1 N–H and O–H groups in total. The number of nitrogens with zero attached hydrogens (tertiary/aromatic N) is 2. The maximum absolute atomic E-state index is 5.85. The van der Waals surface area contributed by atoms with Crippen molar-refractivity contribution in [2.75, 3.05) is 0 Å². The molecule has 0 bridgehead atoms. The normalized spacial score (nSPS) is 9.79. The van der Waals surface area contributed by atoms with Gasteiger partial charge in [0.25, 0.3) is 0 Å². The Morgan fingerprint density at radius 1 is 1.29 bits per heavy atom. The van der Waals surface area contributed by atoms with E-state index < -0.39 is 0 Å². The quantitative estimate of drug-likeness (QED) is 0.705. The highest BCUT2D eigenvalue weighted by molar-refractivity contribution is 6.36. The average Bonchev–Trinajstić information content (AvgIpc) is 2.51. The Hall–Kier alpha value is -0.800. The Labute approximate surface area is 92.4 Å². The van der Waals surface area contributed by atoms with Crippen LogP contribution in [0, 0.1) is 6.92 Å². The van der Waals surface area contributed by atoms with E-state index in [1.165, 1.54) is 0 Å². The van der Waals surface area contributed by atoms with Crippen LogP contribution in [-0.2, 0) is 0 Å². The monoisotopic (exact) mass is 231 g/mol. The summed E-state index contributed by atoms with van der Waals surface area (Å²) in [6.07, 6.45) is 0. The number of rotatable bonds is 0. The molecule has 0 atom stereocenters. The lowest BCUT2D eigenvalue weighted by atomic mass is 10.3. The first-order valence-electron chi connectivity index (χ1n) is 4.35. The van der Waals surface area contributed by atoms with Crippen LogP contribution in [-0.4, -0.2) is 15.2 Å². The summed E-state index contributed by atoms with van der Waals surface area (Å²) >= 11 is 11.5. The summed E-state index contributed by atoms with van der Waals surface area (Å²) in [5, 5.41) is 8.40. The van der Waals surface area contributed by atoms with Gasteiger partial charge >= 0.3 is 0 Å². The van der Waals surface area contributed by atoms with Crippen LogP contribution in [0.1, 0.15) is 19.5 Å². The number of aryl methyl sites for hydroxylation is 1. The standard InChI is InChI=1S/C7H5Cl2N3.C2H6/c1-3-6-4(12-11-3)2-5(8)10-7(6)9;1-2/h2H,1H3,(H,11,12);1-2H3. The van der Waals surface area contributed by atoms with Gasteiger partial charge in [-0.3, -0.25) is 5.10 Å². The van der Waals surface area contributed by atoms with Gasteiger partial charge in [-0.05, 0) is 6.92 Å². The van der Waals surface area contributed by atoms with Crippen molar-refractivity contribution in [1.82, 2.24) is 15.2 Å². The summed E-state index contributed by atoms with van der Waals surface area (Å²) in [4.78, 5) is 3.91. The Balaban J connectivity index is 0.000000461. The van der Waals surface area contributed by atoms with Crippen LogP contribution in [0.15, 0.2) is 6.07 Å². The summed E-state index contributed by atoms with van der Waals surface area (Å²) in [5.41, 5.74) is 1.65. The lowest BCUT2D eigenvalue weighted by Gasteiger charge is -1.93. The Morgan fingerprint density at radius 3 is 2.57 bits per heavy atom. The summed E-state index contributed by atoms with van der Waals surface area (Å²) in [6.45, 7) is 5.89. The van der Waals surface area contributed by atoms with Crippen molar-refractivity contribution in [2.45, 2.75) is 20.8 Å². The largest absolute Gasteiger partial charge is 0.282 e. The van der Waals surface area contributed by atoms with Crippen molar-refractivity contribution < 1.29 is 0 Å². The molecule has 2 aromatic heterocycles. The number of H-pyrrole nitrogens is 1. The van der Waals surface area contributed by atoms with Gasteiger partial charge in [0, 0.05) is 11.8 Å². The first-order valence-corrected chi connectivity index (χ1v) is 5.11. The maximum atomic E-state index is 5.85. The second kappa shape index (κ2) is 4.62. The van der Waals surface area contributed by atoms with Gasteiger partial charge in [0.2, 0.25) is 0 Å². The molecule has 0 fully saturated rings. The SMILES string of the molecule is CC.Cc1[nH]nc2cc(Cl)nc(Cl)c12. The summed E-state index contributed by atoms with van der Waals surface area (Å²) in [7, 11) is 0. The van der Waals surface area contributed by atoms with Crippen molar-refractivity contribution in [3.8, 4) is 0 Å². The molecule has 0 saturated heterocycles. The number of fused-ring (bicyclic) bond motifs is 1. The molecule has 0 amide bonds. The molecule has 0 aromatic carbocycles. The molecule has 76 valence electrons. The van der Waals surface area contributed by atoms with E-state index >= 15 is 0 Å². The molecule has 14 heavy (non-hydrogen) atoms. The molecule has 3 nitrogen and oxygen atoms in total. The fourth-order valence-electron chi connectivity index (χ4n) is 1.11. The molecule has 0 saturated carbocycles. The van der Waals surface area contributed by atoms with E-state index in [4.69, 9.17) is 23.2 Å². The minimum atomic E-state index is 0.360. The van der Waals surface area contributed by atoms with Crippen LogP contribution in [0.5, 0.6) is 0 Å². The zero-order valence-electron chi connectivity index (χ0n) is 8.23. The molecular formula is C9H11Cl2N3. The zero-order chi connectivity index (χ0) is 10.7. The van der Waals surface area contributed by atoms with Gasteiger partial charge in [0.15, 0.2) is 0 Å². The lowest BCUT2D eigenvalue weighted by molar-refractivity contribution is 1.07. The second-order valence-corrected chi connectivity index (χ2v) is 3.22. The van der Waals surface area contributed by atoms with Crippen molar-refractivity contribution in [3.05, 3.63) is 22.1 Å². The molecule has 0 spiro atoms. The fraction of sp³-hybridized carbons (Fsp3) is 0.333. The number of aromatic amines is 1. The number of aromatic nitrogens is 3. The van der Waals surface area contributed by atoms with E-state index in [1.54, 1.807) is 6.07 Å². The minimum Gasteiger partial charge on any atom is -0.282 e.